The van der Waals surface area contributed by atoms with Crippen molar-refractivity contribution in [2.75, 3.05) is 0 Å². The third kappa shape index (κ3) is 2.35. The standard InChI is InChI=1S/C12H12N2O2S/c1-8-4-5-9(7-10(8)14(15)16)12(13)11-3-2-6-17-11/h2-7,12H,13H2,1H3/t12-/m0/s1. The molecular weight excluding hydrogens is 236 g/mol. The zero-order valence-electron chi connectivity index (χ0n) is 9.29. The second-order valence-electron chi connectivity index (χ2n) is 3.80. The van der Waals surface area contributed by atoms with Gasteiger partial charge in [0, 0.05) is 16.5 Å². The molecule has 0 radical (unpaired) electrons. The fourth-order valence-electron chi connectivity index (χ4n) is 1.65. The number of nitro groups is 1. The summed E-state index contributed by atoms with van der Waals surface area (Å²) in [5.41, 5.74) is 7.61. The van der Waals surface area contributed by atoms with Crippen LogP contribution in [0.3, 0.4) is 0 Å². The number of nitro benzene ring substituents is 1. The first-order valence-corrected chi connectivity index (χ1v) is 6.01. The number of thiophene rings is 1. The van der Waals surface area contributed by atoms with Gasteiger partial charge in [-0.05, 0) is 23.9 Å². The molecule has 1 aromatic heterocycles. The molecule has 2 N–H and O–H groups in total. The first kappa shape index (κ1) is 11.8. The zero-order chi connectivity index (χ0) is 12.4. The van der Waals surface area contributed by atoms with Crippen LogP contribution in [0.2, 0.25) is 0 Å². The Hall–Kier alpha value is -1.72. The van der Waals surface area contributed by atoms with Crippen molar-refractivity contribution in [1.82, 2.24) is 0 Å². The Bertz CT molecular complexity index is 537. The summed E-state index contributed by atoms with van der Waals surface area (Å²) in [4.78, 5) is 11.5. The summed E-state index contributed by atoms with van der Waals surface area (Å²) in [7, 11) is 0. The molecule has 1 aromatic carbocycles. The fraction of sp³-hybridized carbons (Fsp3) is 0.167. The summed E-state index contributed by atoms with van der Waals surface area (Å²) in [6.45, 7) is 1.72. The van der Waals surface area contributed by atoms with Crippen LogP contribution in [0.5, 0.6) is 0 Å². The van der Waals surface area contributed by atoms with E-state index in [1.54, 1.807) is 30.4 Å². The molecule has 0 bridgehead atoms. The maximum absolute atomic E-state index is 10.9. The second-order valence-corrected chi connectivity index (χ2v) is 4.78. The first-order chi connectivity index (χ1) is 8.09. The van der Waals surface area contributed by atoms with E-state index in [0.29, 0.717) is 5.56 Å². The first-order valence-electron chi connectivity index (χ1n) is 5.13. The Morgan fingerprint density at radius 3 is 2.76 bits per heavy atom. The van der Waals surface area contributed by atoms with Gasteiger partial charge in [-0.25, -0.2) is 0 Å². The third-order valence-electron chi connectivity index (χ3n) is 2.64. The maximum atomic E-state index is 10.9. The van der Waals surface area contributed by atoms with Gasteiger partial charge in [0.25, 0.3) is 5.69 Å². The van der Waals surface area contributed by atoms with E-state index in [4.69, 9.17) is 5.73 Å². The minimum atomic E-state index is -0.375. The molecule has 1 heterocycles. The summed E-state index contributed by atoms with van der Waals surface area (Å²) < 4.78 is 0. The minimum absolute atomic E-state index is 0.120. The van der Waals surface area contributed by atoms with Crippen LogP contribution in [-0.4, -0.2) is 4.92 Å². The van der Waals surface area contributed by atoms with Gasteiger partial charge < -0.3 is 5.73 Å². The molecule has 17 heavy (non-hydrogen) atoms. The van der Waals surface area contributed by atoms with Gasteiger partial charge in [0.1, 0.15) is 0 Å². The SMILES string of the molecule is Cc1ccc([C@H](N)c2cccs2)cc1[N+](=O)[O-]. The number of nitrogens with two attached hydrogens (primary N) is 1. The van der Waals surface area contributed by atoms with Crippen LogP contribution in [0.4, 0.5) is 5.69 Å². The number of hydrogen-bond acceptors (Lipinski definition) is 4. The van der Waals surface area contributed by atoms with Gasteiger partial charge in [0.2, 0.25) is 0 Å². The van der Waals surface area contributed by atoms with Crippen LogP contribution in [0, 0.1) is 17.0 Å². The molecule has 4 nitrogen and oxygen atoms in total. The van der Waals surface area contributed by atoms with Gasteiger partial charge in [-0.2, -0.15) is 0 Å². The van der Waals surface area contributed by atoms with Crippen molar-refractivity contribution in [1.29, 1.82) is 0 Å². The zero-order valence-corrected chi connectivity index (χ0v) is 10.1. The van der Waals surface area contributed by atoms with Crippen molar-refractivity contribution in [3.63, 3.8) is 0 Å². The summed E-state index contributed by atoms with van der Waals surface area (Å²) in [5, 5.41) is 12.8. The van der Waals surface area contributed by atoms with Gasteiger partial charge in [0.15, 0.2) is 0 Å². The molecule has 5 heteroatoms. The molecule has 0 aliphatic carbocycles. The highest BCUT2D eigenvalue weighted by Crippen LogP contribution is 2.27. The van der Waals surface area contributed by atoms with E-state index < -0.39 is 0 Å². The lowest BCUT2D eigenvalue weighted by atomic mass is 10.0. The molecule has 0 aliphatic heterocycles. The van der Waals surface area contributed by atoms with E-state index in [1.165, 1.54) is 0 Å². The van der Waals surface area contributed by atoms with E-state index in [1.807, 2.05) is 23.6 Å². The van der Waals surface area contributed by atoms with Gasteiger partial charge in [-0.3, -0.25) is 10.1 Å². The average Bonchev–Trinajstić information content (AvgIpc) is 2.81. The second kappa shape index (κ2) is 4.65. The Morgan fingerprint density at radius 2 is 2.18 bits per heavy atom. The highest BCUT2D eigenvalue weighted by Gasteiger charge is 2.16. The topological polar surface area (TPSA) is 69.2 Å². The summed E-state index contributed by atoms with van der Waals surface area (Å²) in [6.07, 6.45) is 0. The molecular formula is C12H12N2O2S. The number of benzene rings is 1. The van der Waals surface area contributed by atoms with E-state index >= 15 is 0 Å². The minimum Gasteiger partial charge on any atom is -0.320 e. The van der Waals surface area contributed by atoms with Crippen LogP contribution in [0.1, 0.15) is 22.0 Å². The van der Waals surface area contributed by atoms with Crippen molar-refractivity contribution < 1.29 is 4.92 Å². The molecule has 0 saturated carbocycles. The number of rotatable bonds is 3. The number of nitrogens with zero attached hydrogens (tertiary/aromatic N) is 1. The lowest BCUT2D eigenvalue weighted by Gasteiger charge is -2.10. The Morgan fingerprint density at radius 1 is 1.41 bits per heavy atom. The molecule has 0 amide bonds. The molecule has 2 aromatic rings. The molecule has 88 valence electrons. The van der Waals surface area contributed by atoms with Crippen LogP contribution in [-0.2, 0) is 0 Å². The van der Waals surface area contributed by atoms with Gasteiger partial charge in [0.05, 0.1) is 11.0 Å². The summed E-state index contributed by atoms with van der Waals surface area (Å²) in [5.74, 6) is 0. The predicted octanol–water partition coefficient (Wildman–Crippen LogP) is 3.01. The predicted molar refractivity (Wildman–Crippen MR) is 68.2 cm³/mol. The van der Waals surface area contributed by atoms with Gasteiger partial charge in [-0.1, -0.05) is 18.2 Å². The number of aryl methyl sites for hydroxylation is 1. The summed E-state index contributed by atoms with van der Waals surface area (Å²) >= 11 is 1.55. The number of hydrogen-bond donors (Lipinski definition) is 1. The van der Waals surface area contributed by atoms with Crippen LogP contribution in [0.25, 0.3) is 0 Å². The largest absolute Gasteiger partial charge is 0.320 e. The lowest BCUT2D eigenvalue weighted by Crippen LogP contribution is -2.10. The molecule has 1 atom stereocenters. The molecule has 2 rings (SSSR count). The Balaban J connectivity index is 2.40. The van der Waals surface area contributed by atoms with Crippen LogP contribution < -0.4 is 5.73 Å². The van der Waals surface area contributed by atoms with Crippen molar-refractivity contribution in [3.05, 3.63) is 61.8 Å². The van der Waals surface area contributed by atoms with Crippen LogP contribution in [0.15, 0.2) is 35.7 Å². The van der Waals surface area contributed by atoms with E-state index in [9.17, 15) is 10.1 Å². The van der Waals surface area contributed by atoms with Crippen molar-refractivity contribution in [2.45, 2.75) is 13.0 Å². The monoisotopic (exact) mass is 248 g/mol. The van der Waals surface area contributed by atoms with Crippen LogP contribution >= 0.6 is 11.3 Å². The highest BCUT2D eigenvalue weighted by molar-refractivity contribution is 7.10. The highest BCUT2D eigenvalue weighted by atomic mass is 32.1. The molecule has 0 unspecified atom stereocenters. The molecule has 0 saturated heterocycles. The molecule has 0 spiro atoms. The lowest BCUT2D eigenvalue weighted by molar-refractivity contribution is -0.385. The Kier molecular flexibility index (Phi) is 3.21. The van der Waals surface area contributed by atoms with Crippen molar-refractivity contribution in [3.8, 4) is 0 Å². The van der Waals surface area contributed by atoms with Gasteiger partial charge >= 0.3 is 0 Å². The maximum Gasteiger partial charge on any atom is 0.272 e. The van der Waals surface area contributed by atoms with E-state index in [-0.39, 0.29) is 16.7 Å². The average molecular weight is 248 g/mol. The van der Waals surface area contributed by atoms with Crippen molar-refractivity contribution in [2.24, 2.45) is 5.73 Å². The Labute approximate surface area is 103 Å². The quantitative estimate of drug-likeness (QED) is 0.670. The molecule has 0 fully saturated rings. The third-order valence-corrected chi connectivity index (χ3v) is 3.59. The summed E-state index contributed by atoms with van der Waals surface area (Å²) in [6, 6.07) is 8.69. The fourth-order valence-corrected chi connectivity index (χ4v) is 2.40. The normalized spacial score (nSPS) is 12.4. The molecule has 0 aliphatic rings. The van der Waals surface area contributed by atoms with E-state index in [0.717, 1.165) is 10.4 Å². The van der Waals surface area contributed by atoms with Gasteiger partial charge in [-0.15, -0.1) is 11.3 Å². The smallest absolute Gasteiger partial charge is 0.272 e. The van der Waals surface area contributed by atoms with Crippen molar-refractivity contribution >= 4 is 17.0 Å². The van der Waals surface area contributed by atoms with E-state index in [2.05, 4.69) is 0 Å².